The minimum atomic E-state index is 0.197. The van der Waals surface area contributed by atoms with E-state index in [1.807, 2.05) is 54.6 Å². The van der Waals surface area contributed by atoms with E-state index in [2.05, 4.69) is 15.2 Å². The topological polar surface area (TPSA) is 70.3 Å². The van der Waals surface area contributed by atoms with Gasteiger partial charge in [0, 0.05) is 17.1 Å². The van der Waals surface area contributed by atoms with Crippen LogP contribution in [0.2, 0.25) is 0 Å². The minimum absolute atomic E-state index is 0.197. The predicted octanol–water partition coefficient (Wildman–Crippen LogP) is 3.87. The summed E-state index contributed by atoms with van der Waals surface area (Å²) in [5.41, 5.74) is 1.72. The highest BCUT2D eigenvalue weighted by atomic mass is 16.5. The van der Waals surface area contributed by atoms with E-state index >= 15 is 0 Å². The monoisotopic (exact) mass is 333 g/mol. The molecule has 0 N–H and O–H groups in total. The summed E-state index contributed by atoms with van der Waals surface area (Å²) in [4.78, 5) is 4.28. The third-order valence-electron chi connectivity index (χ3n) is 3.72. The van der Waals surface area contributed by atoms with Gasteiger partial charge in [0.2, 0.25) is 5.89 Å². The number of rotatable bonds is 5. The molecule has 0 fully saturated rings. The van der Waals surface area contributed by atoms with Gasteiger partial charge < -0.3 is 13.9 Å². The molecule has 2 aromatic heterocycles. The van der Waals surface area contributed by atoms with Crippen LogP contribution in [0.1, 0.15) is 5.89 Å². The number of aromatic nitrogens is 3. The molecule has 4 rings (SSSR count). The predicted molar refractivity (Wildman–Crippen MR) is 92.4 cm³/mol. The number of ether oxygens (including phenoxy) is 2. The minimum Gasteiger partial charge on any atom is -0.497 e. The van der Waals surface area contributed by atoms with Crippen molar-refractivity contribution in [1.29, 1.82) is 0 Å². The van der Waals surface area contributed by atoms with Crippen LogP contribution in [-0.4, -0.2) is 22.3 Å². The Kier molecular flexibility index (Phi) is 4.00. The van der Waals surface area contributed by atoms with Crippen LogP contribution >= 0.6 is 0 Å². The fraction of sp³-hybridized carbons (Fsp3) is 0.105. The zero-order chi connectivity index (χ0) is 17.1. The largest absolute Gasteiger partial charge is 0.497 e. The van der Waals surface area contributed by atoms with E-state index in [0.29, 0.717) is 11.8 Å². The molecular weight excluding hydrogens is 318 g/mol. The second-order valence-electron chi connectivity index (χ2n) is 5.38. The van der Waals surface area contributed by atoms with E-state index in [1.165, 1.54) is 0 Å². The van der Waals surface area contributed by atoms with Crippen LogP contribution in [0.3, 0.4) is 0 Å². The summed E-state index contributed by atoms with van der Waals surface area (Å²) in [6.07, 6.45) is 1.77. The summed E-state index contributed by atoms with van der Waals surface area (Å²) in [6, 6.07) is 17.1. The number of pyridine rings is 1. The van der Waals surface area contributed by atoms with Gasteiger partial charge in [-0.15, -0.1) is 10.2 Å². The molecule has 0 saturated carbocycles. The maximum absolute atomic E-state index is 5.75. The normalized spacial score (nSPS) is 10.8. The Labute approximate surface area is 144 Å². The van der Waals surface area contributed by atoms with Crippen LogP contribution in [0.4, 0.5) is 0 Å². The maximum atomic E-state index is 5.75. The highest BCUT2D eigenvalue weighted by Crippen LogP contribution is 2.24. The summed E-state index contributed by atoms with van der Waals surface area (Å²) < 4.78 is 16.6. The molecule has 0 unspecified atom stereocenters. The Balaban J connectivity index is 1.48. The molecule has 124 valence electrons. The first-order chi connectivity index (χ1) is 12.3. The summed E-state index contributed by atoms with van der Waals surface area (Å²) in [5, 5.41) is 9.11. The van der Waals surface area contributed by atoms with Gasteiger partial charge in [-0.3, -0.25) is 4.98 Å². The van der Waals surface area contributed by atoms with Gasteiger partial charge in [-0.2, -0.15) is 0 Å². The van der Waals surface area contributed by atoms with Gasteiger partial charge in [0.25, 0.3) is 5.89 Å². The van der Waals surface area contributed by atoms with E-state index in [9.17, 15) is 0 Å². The van der Waals surface area contributed by atoms with Crippen molar-refractivity contribution in [3.63, 3.8) is 0 Å². The Hall–Kier alpha value is -3.41. The quantitative estimate of drug-likeness (QED) is 0.552. The lowest BCUT2D eigenvalue weighted by Crippen LogP contribution is -1.95. The van der Waals surface area contributed by atoms with Gasteiger partial charge in [-0.05, 0) is 42.5 Å². The second kappa shape index (κ2) is 6.60. The first kappa shape index (κ1) is 15.1. The molecule has 0 aliphatic carbocycles. The molecule has 0 bridgehead atoms. The zero-order valence-electron chi connectivity index (χ0n) is 13.5. The molecule has 0 atom stereocenters. The summed E-state index contributed by atoms with van der Waals surface area (Å²) >= 11 is 0. The molecule has 0 saturated heterocycles. The van der Waals surface area contributed by atoms with Crippen LogP contribution in [0, 0.1) is 0 Å². The van der Waals surface area contributed by atoms with Crippen LogP contribution in [0.15, 0.2) is 65.2 Å². The van der Waals surface area contributed by atoms with Gasteiger partial charge in [-0.25, -0.2) is 0 Å². The average Bonchev–Trinajstić information content (AvgIpc) is 3.15. The Bertz CT molecular complexity index is 1010. The Morgan fingerprint density at radius 1 is 0.960 bits per heavy atom. The fourth-order valence-electron chi connectivity index (χ4n) is 2.47. The lowest BCUT2D eigenvalue weighted by molar-refractivity contribution is 0.265. The van der Waals surface area contributed by atoms with Crippen molar-refractivity contribution in [3.8, 4) is 23.0 Å². The van der Waals surface area contributed by atoms with Crippen LogP contribution in [0.5, 0.6) is 11.5 Å². The molecule has 0 aliphatic heterocycles. The number of hydrogen-bond acceptors (Lipinski definition) is 6. The lowest BCUT2D eigenvalue weighted by atomic mass is 10.2. The summed E-state index contributed by atoms with van der Waals surface area (Å²) in [5.74, 6) is 2.30. The molecule has 0 amide bonds. The van der Waals surface area contributed by atoms with Crippen molar-refractivity contribution >= 4 is 10.9 Å². The summed E-state index contributed by atoms with van der Waals surface area (Å²) in [7, 11) is 1.62. The van der Waals surface area contributed by atoms with E-state index in [-0.39, 0.29) is 6.61 Å². The highest BCUT2D eigenvalue weighted by molar-refractivity contribution is 5.79. The van der Waals surface area contributed by atoms with E-state index in [1.54, 1.807) is 13.3 Å². The van der Waals surface area contributed by atoms with Gasteiger partial charge in [0.05, 0.1) is 12.6 Å². The molecule has 6 heteroatoms. The third kappa shape index (κ3) is 3.28. The van der Waals surface area contributed by atoms with Crippen molar-refractivity contribution in [1.82, 2.24) is 15.2 Å². The number of hydrogen-bond donors (Lipinski definition) is 0. The first-order valence-electron chi connectivity index (χ1n) is 7.76. The first-order valence-corrected chi connectivity index (χ1v) is 7.76. The summed E-state index contributed by atoms with van der Waals surface area (Å²) in [6.45, 7) is 0.197. The van der Waals surface area contributed by atoms with Crippen molar-refractivity contribution in [3.05, 3.63) is 66.7 Å². The maximum Gasteiger partial charge on any atom is 0.254 e. The Morgan fingerprint density at radius 3 is 2.84 bits per heavy atom. The lowest BCUT2D eigenvalue weighted by Gasteiger charge is -2.04. The standard InChI is InChI=1S/C19H15N3O3/c1-23-15-6-2-4-14(11-15)19-22-21-18(25-19)12-24-16-7-8-17-13(10-16)5-3-9-20-17/h2-11H,12H2,1H3. The van der Waals surface area contributed by atoms with E-state index in [4.69, 9.17) is 13.9 Å². The van der Waals surface area contributed by atoms with E-state index in [0.717, 1.165) is 28.0 Å². The molecule has 0 radical (unpaired) electrons. The van der Waals surface area contributed by atoms with Crippen LogP contribution in [-0.2, 0) is 6.61 Å². The van der Waals surface area contributed by atoms with E-state index < -0.39 is 0 Å². The molecular formula is C19H15N3O3. The molecule has 25 heavy (non-hydrogen) atoms. The average molecular weight is 333 g/mol. The number of fused-ring (bicyclic) bond motifs is 1. The van der Waals surface area contributed by atoms with Crippen LogP contribution in [0.25, 0.3) is 22.4 Å². The number of nitrogens with zero attached hydrogens (tertiary/aromatic N) is 3. The SMILES string of the molecule is COc1cccc(-c2nnc(COc3ccc4ncccc4c3)o2)c1. The molecule has 6 nitrogen and oxygen atoms in total. The number of benzene rings is 2. The van der Waals surface area contributed by atoms with Crippen molar-refractivity contribution in [2.24, 2.45) is 0 Å². The van der Waals surface area contributed by atoms with Gasteiger partial charge in [-0.1, -0.05) is 12.1 Å². The van der Waals surface area contributed by atoms with Gasteiger partial charge >= 0.3 is 0 Å². The fourth-order valence-corrected chi connectivity index (χ4v) is 2.47. The van der Waals surface area contributed by atoms with Gasteiger partial charge in [0.1, 0.15) is 11.5 Å². The van der Waals surface area contributed by atoms with Crippen molar-refractivity contribution in [2.75, 3.05) is 7.11 Å². The molecule has 2 aromatic carbocycles. The number of methoxy groups -OCH3 is 1. The third-order valence-corrected chi connectivity index (χ3v) is 3.72. The van der Waals surface area contributed by atoms with Crippen molar-refractivity contribution < 1.29 is 13.9 Å². The molecule has 0 aliphatic rings. The highest BCUT2D eigenvalue weighted by Gasteiger charge is 2.10. The smallest absolute Gasteiger partial charge is 0.254 e. The van der Waals surface area contributed by atoms with Crippen molar-refractivity contribution in [2.45, 2.75) is 6.61 Å². The molecule has 0 spiro atoms. The second-order valence-corrected chi connectivity index (χ2v) is 5.38. The Morgan fingerprint density at radius 2 is 1.92 bits per heavy atom. The zero-order valence-corrected chi connectivity index (χ0v) is 13.5. The molecule has 2 heterocycles. The molecule has 4 aromatic rings. The van der Waals surface area contributed by atoms with Crippen LogP contribution < -0.4 is 9.47 Å². The van der Waals surface area contributed by atoms with Gasteiger partial charge in [0.15, 0.2) is 6.61 Å².